The highest BCUT2D eigenvalue weighted by Gasteiger charge is 2.25. The zero-order chi connectivity index (χ0) is 12.7. The van der Waals surface area contributed by atoms with E-state index < -0.39 is 5.91 Å². The number of amides is 1. The first-order valence-corrected chi connectivity index (χ1v) is 5.88. The molecule has 5 nitrogen and oxygen atoms in total. The van der Waals surface area contributed by atoms with Crippen molar-refractivity contribution in [3.8, 4) is 5.75 Å². The number of aryl methyl sites for hydroxylation is 1. The van der Waals surface area contributed by atoms with Gasteiger partial charge in [0.15, 0.2) is 0 Å². The molecule has 1 fully saturated rings. The lowest BCUT2D eigenvalue weighted by Crippen LogP contribution is -2.11. The molecule has 1 aromatic carbocycles. The van der Waals surface area contributed by atoms with Crippen molar-refractivity contribution in [2.45, 2.75) is 25.9 Å². The molecule has 18 heavy (non-hydrogen) atoms. The summed E-state index contributed by atoms with van der Waals surface area (Å²) in [6, 6.07) is 5.24. The molecule has 1 heterocycles. The van der Waals surface area contributed by atoms with Gasteiger partial charge in [0, 0.05) is 10.9 Å². The van der Waals surface area contributed by atoms with Gasteiger partial charge < -0.3 is 10.5 Å². The molecule has 1 aromatic heterocycles. The SMILES string of the molecule is Cc1cc2cc(C(N)=O)cc(OC3CC3)c2nn1. The number of benzene rings is 1. The third-order valence-electron chi connectivity index (χ3n) is 2.88. The lowest BCUT2D eigenvalue weighted by Gasteiger charge is -2.09. The smallest absolute Gasteiger partial charge is 0.248 e. The van der Waals surface area contributed by atoms with Crippen molar-refractivity contribution >= 4 is 16.8 Å². The van der Waals surface area contributed by atoms with Gasteiger partial charge in [-0.05, 0) is 38.0 Å². The van der Waals surface area contributed by atoms with Crippen molar-refractivity contribution in [3.05, 3.63) is 29.5 Å². The number of carbonyl (C=O) groups is 1. The molecule has 0 atom stereocenters. The molecule has 1 amide bonds. The van der Waals surface area contributed by atoms with Gasteiger partial charge in [0.1, 0.15) is 11.3 Å². The number of hydrogen-bond acceptors (Lipinski definition) is 4. The Labute approximate surface area is 104 Å². The molecule has 2 N–H and O–H groups in total. The lowest BCUT2D eigenvalue weighted by molar-refractivity contribution is 0.1000. The van der Waals surface area contributed by atoms with Gasteiger partial charge >= 0.3 is 0 Å². The normalized spacial score (nSPS) is 14.7. The largest absolute Gasteiger partial charge is 0.488 e. The molecule has 0 saturated heterocycles. The van der Waals surface area contributed by atoms with Crippen LogP contribution in [-0.4, -0.2) is 22.2 Å². The molecule has 0 spiro atoms. The minimum Gasteiger partial charge on any atom is -0.488 e. The van der Waals surface area contributed by atoms with Crippen LogP contribution >= 0.6 is 0 Å². The maximum Gasteiger partial charge on any atom is 0.248 e. The fourth-order valence-corrected chi connectivity index (χ4v) is 1.83. The van der Waals surface area contributed by atoms with Crippen LogP contribution < -0.4 is 10.5 Å². The number of hydrogen-bond donors (Lipinski definition) is 1. The molecular weight excluding hydrogens is 230 g/mol. The highest BCUT2D eigenvalue weighted by molar-refractivity contribution is 5.98. The van der Waals surface area contributed by atoms with Crippen LogP contribution in [0.25, 0.3) is 10.9 Å². The summed E-state index contributed by atoms with van der Waals surface area (Å²) in [7, 11) is 0. The zero-order valence-corrected chi connectivity index (χ0v) is 10.0. The molecule has 1 aliphatic carbocycles. The van der Waals surface area contributed by atoms with Crippen LogP contribution in [0.15, 0.2) is 18.2 Å². The predicted molar refractivity (Wildman–Crippen MR) is 66.4 cm³/mol. The quantitative estimate of drug-likeness (QED) is 0.887. The summed E-state index contributed by atoms with van der Waals surface area (Å²) in [4.78, 5) is 11.3. The zero-order valence-electron chi connectivity index (χ0n) is 10.0. The summed E-state index contributed by atoms with van der Waals surface area (Å²) >= 11 is 0. The van der Waals surface area contributed by atoms with Crippen LogP contribution in [0.4, 0.5) is 0 Å². The Bertz CT molecular complexity index is 635. The van der Waals surface area contributed by atoms with Crippen LogP contribution in [0.1, 0.15) is 28.9 Å². The van der Waals surface area contributed by atoms with E-state index in [1.807, 2.05) is 13.0 Å². The Morgan fingerprint density at radius 3 is 2.78 bits per heavy atom. The van der Waals surface area contributed by atoms with Crippen LogP contribution in [0.2, 0.25) is 0 Å². The summed E-state index contributed by atoms with van der Waals surface area (Å²) in [5.41, 5.74) is 7.23. The van der Waals surface area contributed by atoms with Gasteiger partial charge in [0.05, 0.1) is 11.8 Å². The van der Waals surface area contributed by atoms with E-state index in [9.17, 15) is 4.79 Å². The van der Waals surface area contributed by atoms with Gasteiger partial charge in [-0.3, -0.25) is 4.79 Å². The van der Waals surface area contributed by atoms with Crippen molar-refractivity contribution in [1.82, 2.24) is 10.2 Å². The fourth-order valence-electron chi connectivity index (χ4n) is 1.83. The van der Waals surface area contributed by atoms with Gasteiger partial charge in [-0.25, -0.2) is 0 Å². The van der Waals surface area contributed by atoms with Crippen LogP contribution in [0.5, 0.6) is 5.75 Å². The first-order chi connectivity index (χ1) is 8.63. The topological polar surface area (TPSA) is 78.1 Å². The monoisotopic (exact) mass is 243 g/mol. The summed E-state index contributed by atoms with van der Waals surface area (Å²) < 4.78 is 5.76. The van der Waals surface area contributed by atoms with Crippen molar-refractivity contribution < 1.29 is 9.53 Å². The van der Waals surface area contributed by atoms with E-state index >= 15 is 0 Å². The third kappa shape index (κ3) is 1.99. The maximum absolute atomic E-state index is 11.3. The highest BCUT2D eigenvalue weighted by atomic mass is 16.5. The number of primary amides is 1. The first kappa shape index (κ1) is 11.0. The molecule has 1 aliphatic rings. The molecule has 2 aromatic rings. The van der Waals surface area contributed by atoms with E-state index in [2.05, 4.69) is 10.2 Å². The van der Waals surface area contributed by atoms with Gasteiger partial charge in [-0.2, -0.15) is 5.10 Å². The maximum atomic E-state index is 11.3. The van der Waals surface area contributed by atoms with Crippen molar-refractivity contribution in [1.29, 1.82) is 0 Å². The van der Waals surface area contributed by atoms with Crippen molar-refractivity contribution in [3.63, 3.8) is 0 Å². The lowest BCUT2D eigenvalue weighted by atomic mass is 10.1. The van der Waals surface area contributed by atoms with E-state index in [0.717, 1.165) is 23.9 Å². The predicted octanol–water partition coefficient (Wildman–Crippen LogP) is 1.58. The second-order valence-electron chi connectivity index (χ2n) is 4.58. The molecular formula is C13H13N3O2. The molecule has 0 radical (unpaired) electrons. The molecule has 92 valence electrons. The van der Waals surface area contributed by atoms with Crippen LogP contribution in [-0.2, 0) is 0 Å². The number of nitrogens with two attached hydrogens (primary N) is 1. The molecule has 0 aliphatic heterocycles. The highest BCUT2D eigenvalue weighted by Crippen LogP contribution is 2.32. The summed E-state index contributed by atoms with van der Waals surface area (Å²) in [5.74, 6) is 0.128. The number of ether oxygens (including phenoxy) is 1. The summed E-state index contributed by atoms with van der Waals surface area (Å²) in [6.45, 7) is 1.85. The molecule has 3 rings (SSSR count). The Balaban J connectivity index is 2.19. The Kier molecular flexibility index (Phi) is 2.40. The summed E-state index contributed by atoms with van der Waals surface area (Å²) in [6.07, 6.45) is 2.32. The Morgan fingerprint density at radius 2 is 2.11 bits per heavy atom. The Morgan fingerprint density at radius 1 is 1.33 bits per heavy atom. The van der Waals surface area contributed by atoms with Gasteiger partial charge in [-0.15, -0.1) is 5.10 Å². The second-order valence-corrected chi connectivity index (χ2v) is 4.58. The number of nitrogens with zero attached hydrogens (tertiary/aromatic N) is 2. The number of aromatic nitrogens is 2. The Hall–Kier alpha value is -2.17. The van der Waals surface area contributed by atoms with E-state index in [1.54, 1.807) is 12.1 Å². The standard InChI is InChI=1S/C13H13N3O2/c1-7-4-8-5-9(13(14)17)6-11(12(8)16-15-7)18-10-2-3-10/h4-6,10H,2-3H2,1H3,(H2,14,17). The third-order valence-corrected chi connectivity index (χ3v) is 2.88. The first-order valence-electron chi connectivity index (χ1n) is 5.88. The summed E-state index contributed by atoms with van der Waals surface area (Å²) in [5, 5.41) is 8.99. The fraction of sp³-hybridized carbons (Fsp3) is 0.308. The van der Waals surface area contributed by atoms with Gasteiger partial charge in [0.25, 0.3) is 0 Å². The second kappa shape index (κ2) is 3.94. The van der Waals surface area contributed by atoms with Gasteiger partial charge in [0.2, 0.25) is 5.91 Å². The number of rotatable bonds is 3. The molecule has 0 bridgehead atoms. The average molecular weight is 243 g/mol. The minimum atomic E-state index is -0.466. The van der Waals surface area contributed by atoms with E-state index in [-0.39, 0.29) is 6.10 Å². The molecule has 0 unspecified atom stereocenters. The van der Waals surface area contributed by atoms with E-state index in [0.29, 0.717) is 16.8 Å². The van der Waals surface area contributed by atoms with Crippen molar-refractivity contribution in [2.75, 3.05) is 0 Å². The van der Waals surface area contributed by atoms with E-state index in [1.165, 1.54) is 0 Å². The van der Waals surface area contributed by atoms with Crippen LogP contribution in [0.3, 0.4) is 0 Å². The number of carbonyl (C=O) groups excluding carboxylic acids is 1. The average Bonchev–Trinajstić information content (AvgIpc) is 3.12. The van der Waals surface area contributed by atoms with Crippen molar-refractivity contribution in [2.24, 2.45) is 5.73 Å². The van der Waals surface area contributed by atoms with Crippen LogP contribution in [0, 0.1) is 6.92 Å². The molecule has 1 saturated carbocycles. The number of fused-ring (bicyclic) bond motifs is 1. The van der Waals surface area contributed by atoms with E-state index in [4.69, 9.17) is 10.5 Å². The minimum absolute atomic E-state index is 0.236. The molecule has 5 heteroatoms. The van der Waals surface area contributed by atoms with Gasteiger partial charge in [-0.1, -0.05) is 0 Å².